The molecule has 0 N–H and O–H groups in total. The lowest BCUT2D eigenvalue weighted by molar-refractivity contribution is 0.570. The quantitative estimate of drug-likeness (QED) is 0.633. The molecule has 13 heavy (non-hydrogen) atoms. The van der Waals surface area contributed by atoms with Gasteiger partial charge in [-0.25, -0.2) is 0 Å². The van der Waals surface area contributed by atoms with E-state index >= 15 is 0 Å². The first kappa shape index (κ1) is 8.80. The minimum Gasteiger partial charge on any atom is -0.0654 e. The zero-order valence-corrected chi connectivity index (χ0v) is 8.59. The van der Waals surface area contributed by atoms with Crippen LogP contribution in [0.5, 0.6) is 0 Å². The Morgan fingerprint density at radius 3 is 2.62 bits per heavy atom. The molecule has 0 radical (unpaired) electrons. The van der Waals surface area contributed by atoms with Gasteiger partial charge in [-0.15, -0.1) is 0 Å². The molecule has 2 rings (SSSR count). The Labute approximate surface area is 81.0 Å². The molecule has 0 fully saturated rings. The number of rotatable bonds is 2. The van der Waals surface area contributed by atoms with Crippen LogP contribution in [0.25, 0.3) is 0 Å². The van der Waals surface area contributed by atoms with Gasteiger partial charge in [-0.05, 0) is 35.8 Å². The van der Waals surface area contributed by atoms with E-state index in [2.05, 4.69) is 38.1 Å². The summed E-state index contributed by atoms with van der Waals surface area (Å²) in [5.74, 6) is 1.63. The average molecular weight is 174 g/mol. The molecule has 70 valence electrons. The van der Waals surface area contributed by atoms with Crippen LogP contribution in [0.15, 0.2) is 24.3 Å². The van der Waals surface area contributed by atoms with E-state index in [-0.39, 0.29) is 0 Å². The SMILES string of the molecule is CCCC1CC(C)c2ccccc21. The summed E-state index contributed by atoms with van der Waals surface area (Å²) in [5, 5.41) is 0. The van der Waals surface area contributed by atoms with Crippen molar-refractivity contribution in [3.8, 4) is 0 Å². The standard InChI is InChI=1S/C13H18/c1-3-6-11-9-10(2)12-7-4-5-8-13(11)12/h4-5,7-8,10-11H,3,6,9H2,1-2H3. The zero-order valence-electron chi connectivity index (χ0n) is 8.59. The van der Waals surface area contributed by atoms with E-state index in [0.717, 1.165) is 11.8 Å². The Hall–Kier alpha value is -0.780. The first-order valence-electron chi connectivity index (χ1n) is 5.41. The maximum absolute atomic E-state index is 2.36. The van der Waals surface area contributed by atoms with Gasteiger partial charge in [0.2, 0.25) is 0 Å². The molecule has 0 saturated carbocycles. The highest BCUT2D eigenvalue weighted by atomic mass is 14.3. The minimum absolute atomic E-state index is 0.785. The predicted molar refractivity (Wildman–Crippen MR) is 57.1 cm³/mol. The van der Waals surface area contributed by atoms with Crippen molar-refractivity contribution in [1.29, 1.82) is 0 Å². The van der Waals surface area contributed by atoms with Gasteiger partial charge in [0.05, 0.1) is 0 Å². The smallest absolute Gasteiger partial charge is 0.0154 e. The summed E-state index contributed by atoms with van der Waals surface area (Å²) in [6.45, 7) is 4.64. The molecule has 2 atom stereocenters. The molecule has 1 aromatic carbocycles. The molecule has 0 heterocycles. The van der Waals surface area contributed by atoms with Gasteiger partial charge in [0.15, 0.2) is 0 Å². The van der Waals surface area contributed by atoms with Crippen LogP contribution in [0.1, 0.15) is 56.1 Å². The Kier molecular flexibility index (Phi) is 2.39. The van der Waals surface area contributed by atoms with Gasteiger partial charge in [-0.2, -0.15) is 0 Å². The Bertz CT molecular complexity index is 288. The van der Waals surface area contributed by atoms with Gasteiger partial charge in [-0.1, -0.05) is 44.5 Å². The van der Waals surface area contributed by atoms with Crippen LogP contribution in [-0.4, -0.2) is 0 Å². The number of hydrogen-bond donors (Lipinski definition) is 0. The van der Waals surface area contributed by atoms with Crippen molar-refractivity contribution in [2.45, 2.75) is 44.9 Å². The van der Waals surface area contributed by atoms with Crippen molar-refractivity contribution in [3.05, 3.63) is 35.4 Å². The summed E-state index contributed by atoms with van der Waals surface area (Å²) in [6.07, 6.45) is 4.04. The largest absolute Gasteiger partial charge is 0.0654 e. The summed E-state index contributed by atoms with van der Waals surface area (Å²) in [6, 6.07) is 8.97. The maximum Gasteiger partial charge on any atom is -0.0154 e. The van der Waals surface area contributed by atoms with Gasteiger partial charge in [0.25, 0.3) is 0 Å². The molecule has 1 aliphatic carbocycles. The highest BCUT2D eigenvalue weighted by Crippen LogP contribution is 2.43. The molecule has 2 unspecified atom stereocenters. The summed E-state index contributed by atoms with van der Waals surface area (Å²) in [5.41, 5.74) is 3.22. The van der Waals surface area contributed by atoms with E-state index in [1.807, 2.05) is 0 Å². The molecular formula is C13H18. The number of hydrogen-bond acceptors (Lipinski definition) is 0. The molecular weight excluding hydrogens is 156 g/mol. The van der Waals surface area contributed by atoms with E-state index in [1.165, 1.54) is 19.3 Å². The summed E-state index contributed by atoms with van der Waals surface area (Å²) < 4.78 is 0. The monoisotopic (exact) mass is 174 g/mol. The summed E-state index contributed by atoms with van der Waals surface area (Å²) >= 11 is 0. The van der Waals surface area contributed by atoms with E-state index < -0.39 is 0 Å². The number of fused-ring (bicyclic) bond motifs is 1. The van der Waals surface area contributed by atoms with Crippen molar-refractivity contribution >= 4 is 0 Å². The van der Waals surface area contributed by atoms with Gasteiger partial charge >= 0.3 is 0 Å². The van der Waals surface area contributed by atoms with Crippen LogP contribution >= 0.6 is 0 Å². The lowest BCUT2D eigenvalue weighted by atomic mass is 9.96. The van der Waals surface area contributed by atoms with E-state index in [4.69, 9.17) is 0 Å². The molecule has 0 heteroatoms. The fraction of sp³-hybridized carbons (Fsp3) is 0.538. The second kappa shape index (κ2) is 3.53. The predicted octanol–water partition coefficient (Wildman–Crippen LogP) is 4.08. The molecule has 0 aromatic heterocycles. The van der Waals surface area contributed by atoms with Crippen molar-refractivity contribution in [3.63, 3.8) is 0 Å². The van der Waals surface area contributed by atoms with Gasteiger partial charge in [-0.3, -0.25) is 0 Å². The topological polar surface area (TPSA) is 0 Å². The van der Waals surface area contributed by atoms with E-state index in [1.54, 1.807) is 11.1 Å². The van der Waals surface area contributed by atoms with Gasteiger partial charge in [0, 0.05) is 0 Å². The van der Waals surface area contributed by atoms with Crippen LogP contribution in [0.3, 0.4) is 0 Å². The van der Waals surface area contributed by atoms with Crippen molar-refractivity contribution in [2.24, 2.45) is 0 Å². The third kappa shape index (κ3) is 1.50. The van der Waals surface area contributed by atoms with Crippen molar-refractivity contribution in [2.75, 3.05) is 0 Å². The lowest BCUT2D eigenvalue weighted by Gasteiger charge is -2.08. The third-order valence-electron chi connectivity index (χ3n) is 3.24. The Morgan fingerprint density at radius 1 is 1.23 bits per heavy atom. The van der Waals surface area contributed by atoms with Crippen LogP contribution in [0.2, 0.25) is 0 Å². The fourth-order valence-electron chi connectivity index (χ4n) is 2.63. The minimum atomic E-state index is 0.785. The highest BCUT2D eigenvalue weighted by molar-refractivity contribution is 5.37. The molecule has 0 aliphatic heterocycles. The highest BCUT2D eigenvalue weighted by Gasteiger charge is 2.26. The molecule has 1 aliphatic rings. The van der Waals surface area contributed by atoms with Crippen LogP contribution in [0, 0.1) is 0 Å². The van der Waals surface area contributed by atoms with Crippen LogP contribution in [0.4, 0.5) is 0 Å². The second-order valence-corrected chi connectivity index (χ2v) is 4.25. The zero-order chi connectivity index (χ0) is 9.26. The van der Waals surface area contributed by atoms with Gasteiger partial charge < -0.3 is 0 Å². The third-order valence-corrected chi connectivity index (χ3v) is 3.24. The molecule has 0 nitrogen and oxygen atoms in total. The molecule has 1 aromatic rings. The summed E-state index contributed by atoms with van der Waals surface area (Å²) in [4.78, 5) is 0. The van der Waals surface area contributed by atoms with Crippen molar-refractivity contribution < 1.29 is 0 Å². The Balaban J connectivity index is 2.30. The van der Waals surface area contributed by atoms with E-state index in [0.29, 0.717) is 0 Å². The summed E-state index contributed by atoms with van der Waals surface area (Å²) in [7, 11) is 0. The average Bonchev–Trinajstić information content (AvgIpc) is 2.46. The van der Waals surface area contributed by atoms with Crippen LogP contribution in [-0.2, 0) is 0 Å². The molecule has 0 spiro atoms. The molecule has 0 saturated heterocycles. The molecule has 0 bridgehead atoms. The normalized spacial score (nSPS) is 26.0. The van der Waals surface area contributed by atoms with Gasteiger partial charge in [0.1, 0.15) is 0 Å². The maximum atomic E-state index is 2.36. The Morgan fingerprint density at radius 2 is 1.92 bits per heavy atom. The van der Waals surface area contributed by atoms with Crippen molar-refractivity contribution in [1.82, 2.24) is 0 Å². The van der Waals surface area contributed by atoms with Crippen LogP contribution < -0.4 is 0 Å². The molecule has 0 amide bonds. The lowest BCUT2D eigenvalue weighted by Crippen LogP contribution is -1.91. The first-order chi connectivity index (χ1) is 6.33. The van der Waals surface area contributed by atoms with E-state index in [9.17, 15) is 0 Å². The fourth-order valence-corrected chi connectivity index (χ4v) is 2.63. The first-order valence-corrected chi connectivity index (χ1v) is 5.41. The number of benzene rings is 1. The second-order valence-electron chi connectivity index (χ2n) is 4.25.